The van der Waals surface area contributed by atoms with Crippen molar-refractivity contribution in [2.24, 2.45) is 0 Å². The summed E-state index contributed by atoms with van der Waals surface area (Å²) >= 11 is 0. The molecule has 3 aromatic rings. The maximum absolute atomic E-state index is 13.3. The van der Waals surface area contributed by atoms with Gasteiger partial charge in [-0.1, -0.05) is 0 Å². The number of hydrogen-bond acceptors (Lipinski definition) is 13. The number of rotatable bonds is 3. The van der Waals surface area contributed by atoms with Gasteiger partial charge in [0, 0.05) is 11.6 Å². The standard InChI is InChI=1S/C25H26O13/c26-9-3-1-8(2-4-9)13-5-10(27)14-19(32)15(24-21(34)17(30)11(28)6-36-24)20(33)16(23(14)38-13)25-22(35)18(31)12(29)7-37-25/h1-5,11-12,17-18,21-22,24-26,28-35H,6-7H2/t11-,12+,17+,18+,21-,22-,24-,25-/m0/s1. The zero-order valence-corrected chi connectivity index (χ0v) is 19.6. The van der Waals surface area contributed by atoms with Crippen LogP contribution in [0.15, 0.2) is 39.5 Å². The minimum Gasteiger partial charge on any atom is -0.508 e. The predicted molar refractivity (Wildman–Crippen MR) is 126 cm³/mol. The molecular weight excluding hydrogens is 508 g/mol. The van der Waals surface area contributed by atoms with Crippen LogP contribution < -0.4 is 5.43 Å². The third-order valence-electron chi connectivity index (χ3n) is 6.92. The molecule has 1 aromatic heterocycles. The van der Waals surface area contributed by atoms with E-state index in [1.807, 2.05) is 0 Å². The molecule has 13 nitrogen and oxygen atoms in total. The number of fused-ring (bicyclic) bond motifs is 1. The first-order chi connectivity index (χ1) is 18.0. The molecule has 2 aromatic carbocycles. The van der Waals surface area contributed by atoms with Crippen molar-refractivity contribution in [3.8, 4) is 28.6 Å². The van der Waals surface area contributed by atoms with E-state index in [4.69, 9.17) is 13.9 Å². The van der Waals surface area contributed by atoms with E-state index in [0.717, 1.165) is 6.07 Å². The zero-order valence-electron chi connectivity index (χ0n) is 19.6. The van der Waals surface area contributed by atoms with E-state index < -0.39 is 101 Å². The maximum Gasteiger partial charge on any atom is 0.197 e. The molecule has 8 atom stereocenters. The van der Waals surface area contributed by atoms with Crippen LogP contribution in [-0.4, -0.2) is 95.8 Å². The fourth-order valence-electron chi connectivity index (χ4n) is 4.83. The van der Waals surface area contributed by atoms with Crippen molar-refractivity contribution in [2.75, 3.05) is 13.2 Å². The van der Waals surface area contributed by atoms with Gasteiger partial charge in [0.25, 0.3) is 0 Å². The van der Waals surface area contributed by atoms with Crippen LogP contribution in [0.25, 0.3) is 22.3 Å². The number of aromatic hydroxyl groups is 3. The fourth-order valence-corrected chi connectivity index (χ4v) is 4.83. The molecule has 2 saturated heterocycles. The summed E-state index contributed by atoms with van der Waals surface area (Å²) in [7, 11) is 0. The Bertz CT molecular complexity index is 1400. The Morgan fingerprint density at radius 3 is 1.76 bits per heavy atom. The molecule has 2 aliphatic rings. The summed E-state index contributed by atoms with van der Waals surface area (Å²) in [5.74, 6) is -1.80. The van der Waals surface area contributed by atoms with Crippen molar-refractivity contribution >= 4 is 11.0 Å². The topological polar surface area (TPSA) is 231 Å². The first kappa shape index (κ1) is 26.3. The van der Waals surface area contributed by atoms with E-state index in [2.05, 4.69) is 0 Å². The highest BCUT2D eigenvalue weighted by Crippen LogP contribution is 2.50. The first-order valence-electron chi connectivity index (χ1n) is 11.7. The van der Waals surface area contributed by atoms with Gasteiger partial charge < -0.3 is 59.8 Å². The second-order valence-electron chi connectivity index (χ2n) is 9.36. The molecule has 2 aliphatic heterocycles. The van der Waals surface area contributed by atoms with Crippen molar-refractivity contribution < 1.29 is 59.8 Å². The monoisotopic (exact) mass is 534 g/mol. The van der Waals surface area contributed by atoms with Gasteiger partial charge in [0.2, 0.25) is 0 Å². The maximum atomic E-state index is 13.3. The molecule has 9 N–H and O–H groups in total. The van der Waals surface area contributed by atoms with E-state index in [0.29, 0.717) is 5.56 Å². The largest absolute Gasteiger partial charge is 0.508 e. The van der Waals surface area contributed by atoms with Crippen LogP contribution in [0.1, 0.15) is 23.3 Å². The summed E-state index contributed by atoms with van der Waals surface area (Å²) in [6.45, 7) is -0.966. The van der Waals surface area contributed by atoms with E-state index in [1.54, 1.807) is 0 Å². The lowest BCUT2D eigenvalue weighted by molar-refractivity contribution is -0.191. The normalized spacial score (nSPS) is 31.9. The van der Waals surface area contributed by atoms with Crippen molar-refractivity contribution in [1.29, 1.82) is 0 Å². The number of aliphatic hydroxyl groups is 6. The third kappa shape index (κ3) is 4.19. The summed E-state index contributed by atoms with van der Waals surface area (Å²) in [6, 6.07) is 6.60. The minimum atomic E-state index is -1.85. The second-order valence-corrected chi connectivity index (χ2v) is 9.36. The van der Waals surface area contributed by atoms with E-state index >= 15 is 0 Å². The van der Waals surface area contributed by atoms with E-state index in [9.17, 15) is 50.8 Å². The average molecular weight is 534 g/mol. The Morgan fingerprint density at radius 2 is 1.21 bits per heavy atom. The van der Waals surface area contributed by atoms with Gasteiger partial charge in [0.05, 0.1) is 24.3 Å². The van der Waals surface area contributed by atoms with Crippen LogP contribution >= 0.6 is 0 Å². The number of phenolic OH excluding ortho intramolecular Hbond substituents is 3. The van der Waals surface area contributed by atoms with Crippen LogP contribution in [0.2, 0.25) is 0 Å². The van der Waals surface area contributed by atoms with Gasteiger partial charge in [0.15, 0.2) is 11.0 Å². The number of ether oxygens (including phenoxy) is 2. The van der Waals surface area contributed by atoms with Crippen LogP contribution in [0.5, 0.6) is 17.2 Å². The van der Waals surface area contributed by atoms with Gasteiger partial charge >= 0.3 is 0 Å². The summed E-state index contributed by atoms with van der Waals surface area (Å²) in [5.41, 5.74) is -1.86. The quantitative estimate of drug-likeness (QED) is 0.194. The predicted octanol–water partition coefficient (Wildman–Crippen LogP) is -1.12. The number of phenols is 3. The van der Waals surface area contributed by atoms with Crippen LogP contribution in [0.3, 0.4) is 0 Å². The summed E-state index contributed by atoms with van der Waals surface area (Å²) in [5, 5.41) is 93.1. The summed E-state index contributed by atoms with van der Waals surface area (Å²) in [6.07, 6.45) is -13.3. The SMILES string of the molecule is O=c1cc(-c2ccc(O)cc2)oc2c([C@@H]3OC[C@@H](O)[C@@H](O)[C@@H]3O)c(O)c([C@@H]3OC[C@H](O)[C@@H](O)[C@@H]3O)c(O)c12. The lowest BCUT2D eigenvalue weighted by Gasteiger charge is -2.38. The van der Waals surface area contributed by atoms with Crippen molar-refractivity contribution in [2.45, 2.75) is 48.8 Å². The Balaban J connectivity index is 1.80. The molecule has 0 bridgehead atoms. The molecule has 38 heavy (non-hydrogen) atoms. The van der Waals surface area contributed by atoms with E-state index in [-0.39, 0.29) is 11.5 Å². The lowest BCUT2D eigenvalue weighted by Crippen LogP contribution is -2.49. The van der Waals surface area contributed by atoms with Crippen molar-refractivity contribution in [3.05, 3.63) is 51.7 Å². The molecule has 204 valence electrons. The van der Waals surface area contributed by atoms with Crippen molar-refractivity contribution in [3.63, 3.8) is 0 Å². The van der Waals surface area contributed by atoms with Gasteiger partial charge in [-0.2, -0.15) is 0 Å². The van der Waals surface area contributed by atoms with Crippen LogP contribution in [0, 0.1) is 0 Å². The van der Waals surface area contributed by atoms with E-state index in [1.165, 1.54) is 24.3 Å². The van der Waals surface area contributed by atoms with Gasteiger partial charge in [-0.05, 0) is 24.3 Å². The highest BCUT2D eigenvalue weighted by atomic mass is 16.5. The summed E-state index contributed by atoms with van der Waals surface area (Å²) < 4.78 is 16.8. The van der Waals surface area contributed by atoms with Gasteiger partial charge in [-0.25, -0.2) is 0 Å². The Morgan fingerprint density at radius 1 is 0.684 bits per heavy atom. The Kier molecular flexibility index (Phi) is 6.79. The molecule has 13 heteroatoms. The van der Waals surface area contributed by atoms with Crippen molar-refractivity contribution in [1.82, 2.24) is 0 Å². The highest BCUT2D eigenvalue weighted by molar-refractivity contribution is 5.91. The first-order valence-corrected chi connectivity index (χ1v) is 11.7. The number of hydrogen-bond donors (Lipinski definition) is 9. The molecule has 0 spiro atoms. The Labute approximate surface area is 213 Å². The minimum absolute atomic E-state index is 0.0475. The summed E-state index contributed by atoms with van der Waals surface area (Å²) in [4.78, 5) is 13.3. The molecular formula is C25H26O13. The molecule has 0 unspecified atom stereocenters. The number of benzene rings is 2. The molecule has 5 rings (SSSR count). The lowest BCUT2D eigenvalue weighted by atomic mass is 9.87. The molecule has 0 saturated carbocycles. The Hall–Kier alpha value is -3.27. The zero-order chi connectivity index (χ0) is 27.5. The fraction of sp³-hybridized carbons (Fsp3) is 0.400. The highest BCUT2D eigenvalue weighted by Gasteiger charge is 2.46. The number of aliphatic hydroxyl groups excluding tert-OH is 6. The van der Waals surface area contributed by atoms with Gasteiger partial charge in [0.1, 0.15) is 77.2 Å². The molecule has 3 heterocycles. The van der Waals surface area contributed by atoms with Gasteiger partial charge in [-0.3, -0.25) is 4.79 Å². The average Bonchev–Trinajstić information content (AvgIpc) is 2.88. The third-order valence-corrected chi connectivity index (χ3v) is 6.92. The van der Waals surface area contributed by atoms with Crippen LogP contribution in [0.4, 0.5) is 0 Å². The van der Waals surface area contributed by atoms with Gasteiger partial charge in [-0.15, -0.1) is 0 Å². The van der Waals surface area contributed by atoms with Crippen LogP contribution in [-0.2, 0) is 9.47 Å². The second kappa shape index (κ2) is 9.80. The smallest absolute Gasteiger partial charge is 0.197 e. The molecule has 0 aliphatic carbocycles. The molecule has 2 fully saturated rings. The molecule has 0 radical (unpaired) electrons. The molecule has 0 amide bonds.